The topological polar surface area (TPSA) is 87.5 Å². The molecule has 2 aliphatic rings. The standard InChI is InChI=1S/C15H19N7O2S/c1-19-13-11(8-18-19)14(17-10-16-13)21-4-2-20(3-5-21)12(23)9-22-6-7-25-15(22)24/h8,10H,2-7,9H2,1H3. The van der Waals surface area contributed by atoms with Crippen LogP contribution in [-0.2, 0) is 11.8 Å². The molecule has 2 aliphatic heterocycles. The van der Waals surface area contributed by atoms with Gasteiger partial charge in [0.25, 0.3) is 5.24 Å². The average Bonchev–Trinajstić information content (AvgIpc) is 3.21. The van der Waals surface area contributed by atoms with Crippen LogP contribution in [0.25, 0.3) is 11.0 Å². The molecular formula is C15H19N7O2S. The van der Waals surface area contributed by atoms with Crippen molar-refractivity contribution in [3.63, 3.8) is 0 Å². The molecule has 25 heavy (non-hydrogen) atoms. The van der Waals surface area contributed by atoms with Crippen LogP contribution in [0.5, 0.6) is 0 Å². The molecule has 2 aromatic rings. The molecule has 4 rings (SSSR count). The summed E-state index contributed by atoms with van der Waals surface area (Å²) in [5.41, 5.74) is 0.800. The van der Waals surface area contributed by atoms with Crippen LogP contribution in [0.4, 0.5) is 10.6 Å². The molecule has 2 aromatic heterocycles. The molecule has 0 radical (unpaired) electrons. The summed E-state index contributed by atoms with van der Waals surface area (Å²) in [6.07, 6.45) is 3.33. The van der Waals surface area contributed by atoms with E-state index in [0.29, 0.717) is 32.7 Å². The van der Waals surface area contributed by atoms with Gasteiger partial charge < -0.3 is 14.7 Å². The van der Waals surface area contributed by atoms with E-state index in [1.54, 1.807) is 22.1 Å². The van der Waals surface area contributed by atoms with Crippen molar-refractivity contribution < 1.29 is 9.59 Å². The molecule has 9 nitrogen and oxygen atoms in total. The molecule has 2 amide bonds. The lowest BCUT2D eigenvalue weighted by Gasteiger charge is -2.36. The zero-order valence-corrected chi connectivity index (χ0v) is 14.8. The third kappa shape index (κ3) is 3.01. The molecule has 0 saturated carbocycles. The van der Waals surface area contributed by atoms with Crippen LogP contribution in [0.15, 0.2) is 12.5 Å². The Bertz CT molecular complexity index is 815. The number of rotatable bonds is 3. The molecule has 0 atom stereocenters. The van der Waals surface area contributed by atoms with E-state index < -0.39 is 0 Å². The second-order valence-corrected chi connectivity index (χ2v) is 7.15. The van der Waals surface area contributed by atoms with Crippen LogP contribution >= 0.6 is 11.8 Å². The van der Waals surface area contributed by atoms with E-state index in [0.717, 1.165) is 22.6 Å². The number of amides is 2. The molecule has 132 valence electrons. The van der Waals surface area contributed by atoms with E-state index in [2.05, 4.69) is 20.0 Å². The van der Waals surface area contributed by atoms with E-state index >= 15 is 0 Å². The van der Waals surface area contributed by atoms with Crippen LogP contribution in [0.2, 0.25) is 0 Å². The molecule has 0 spiro atoms. The second kappa shape index (κ2) is 6.51. The van der Waals surface area contributed by atoms with Crippen molar-refractivity contribution in [2.24, 2.45) is 7.05 Å². The van der Waals surface area contributed by atoms with Crippen molar-refractivity contribution in [3.8, 4) is 0 Å². The van der Waals surface area contributed by atoms with Gasteiger partial charge in [0, 0.05) is 45.5 Å². The van der Waals surface area contributed by atoms with Crippen LogP contribution in [0, 0.1) is 0 Å². The summed E-state index contributed by atoms with van der Waals surface area (Å²) in [5.74, 6) is 1.65. The Hall–Kier alpha value is -2.36. The molecule has 0 aliphatic carbocycles. The van der Waals surface area contributed by atoms with Gasteiger partial charge in [-0.25, -0.2) is 9.97 Å². The van der Waals surface area contributed by atoms with Crippen LogP contribution in [0.3, 0.4) is 0 Å². The third-order valence-electron chi connectivity index (χ3n) is 4.61. The summed E-state index contributed by atoms with van der Waals surface area (Å²) >= 11 is 1.28. The molecule has 2 saturated heterocycles. The smallest absolute Gasteiger partial charge is 0.282 e. The minimum Gasteiger partial charge on any atom is -0.352 e. The van der Waals surface area contributed by atoms with E-state index in [1.807, 2.05) is 11.9 Å². The average molecular weight is 361 g/mol. The number of hydrogen-bond donors (Lipinski definition) is 0. The van der Waals surface area contributed by atoms with Gasteiger partial charge in [0.15, 0.2) is 5.65 Å². The van der Waals surface area contributed by atoms with Crippen molar-refractivity contribution in [2.75, 3.05) is 49.9 Å². The first-order valence-electron chi connectivity index (χ1n) is 8.20. The fraction of sp³-hybridized carbons (Fsp3) is 0.533. The highest BCUT2D eigenvalue weighted by Crippen LogP contribution is 2.23. The lowest BCUT2D eigenvalue weighted by molar-refractivity contribution is -0.131. The number of aromatic nitrogens is 4. The van der Waals surface area contributed by atoms with E-state index in [9.17, 15) is 9.59 Å². The van der Waals surface area contributed by atoms with Crippen LogP contribution in [-0.4, -0.2) is 85.7 Å². The van der Waals surface area contributed by atoms with Gasteiger partial charge in [-0.05, 0) is 0 Å². The van der Waals surface area contributed by atoms with Crippen molar-refractivity contribution in [1.82, 2.24) is 29.5 Å². The summed E-state index contributed by atoms with van der Waals surface area (Å²) in [5, 5.41) is 5.17. The number of carbonyl (C=O) groups is 2. The second-order valence-electron chi connectivity index (χ2n) is 6.11. The van der Waals surface area contributed by atoms with Gasteiger partial charge in [0.1, 0.15) is 18.7 Å². The van der Waals surface area contributed by atoms with Crippen LogP contribution in [0.1, 0.15) is 0 Å². The lowest BCUT2D eigenvalue weighted by atomic mass is 10.2. The number of carbonyl (C=O) groups excluding carboxylic acids is 2. The van der Waals surface area contributed by atoms with Gasteiger partial charge in [-0.1, -0.05) is 11.8 Å². The third-order valence-corrected chi connectivity index (χ3v) is 5.50. The summed E-state index contributed by atoms with van der Waals surface area (Å²) < 4.78 is 1.73. The summed E-state index contributed by atoms with van der Waals surface area (Å²) in [4.78, 5) is 38.4. The van der Waals surface area contributed by atoms with Crippen molar-refractivity contribution >= 4 is 39.8 Å². The lowest BCUT2D eigenvalue weighted by Crippen LogP contribution is -2.51. The van der Waals surface area contributed by atoms with Gasteiger partial charge in [-0.15, -0.1) is 0 Å². The quantitative estimate of drug-likeness (QED) is 0.771. The Kier molecular flexibility index (Phi) is 4.20. The maximum absolute atomic E-state index is 12.4. The first-order chi connectivity index (χ1) is 12.1. The summed E-state index contributed by atoms with van der Waals surface area (Å²) in [6.45, 7) is 3.51. The zero-order chi connectivity index (χ0) is 17.4. The number of fused-ring (bicyclic) bond motifs is 1. The molecule has 0 aromatic carbocycles. The van der Waals surface area contributed by atoms with Gasteiger partial charge in [-0.2, -0.15) is 5.10 Å². The Balaban J connectivity index is 1.41. The molecule has 0 bridgehead atoms. The predicted octanol–water partition coefficient (Wildman–Crippen LogP) is 0.181. The molecule has 0 unspecified atom stereocenters. The maximum Gasteiger partial charge on any atom is 0.282 e. The van der Waals surface area contributed by atoms with Crippen molar-refractivity contribution in [3.05, 3.63) is 12.5 Å². The van der Waals surface area contributed by atoms with Gasteiger partial charge in [0.2, 0.25) is 5.91 Å². The maximum atomic E-state index is 12.4. The molecule has 2 fully saturated rings. The van der Waals surface area contributed by atoms with E-state index in [4.69, 9.17) is 0 Å². The normalized spacial score (nSPS) is 18.4. The molecular weight excluding hydrogens is 342 g/mol. The van der Waals surface area contributed by atoms with Crippen molar-refractivity contribution in [1.29, 1.82) is 0 Å². The van der Waals surface area contributed by atoms with Crippen molar-refractivity contribution in [2.45, 2.75) is 0 Å². The number of aryl methyl sites for hydroxylation is 1. The predicted molar refractivity (Wildman–Crippen MR) is 94.5 cm³/mol. The van der Waals surface area contributed by atoms with Gasteiger partial charge in [-0.3, -0.25) is 14.3 Å². The fourth-order valence-corrected chi connectivity index (χ4v) is 4.03. The minimum absolute atomic E-state index is 0.00643. The summed E-state index contributed by atoms with van der Waals surface area (Å²) in [6, 6.07) is 0. The highest BCUT2D eigenvalue weighted by Gasteiger charge is 2.28. The monoisotopic (exact) mass is 361 g/mol. The Morgan fingerprint density at radius 2 is 2.00 bits per heavy atom. The largest absolute Gasteiger partial charge is 0.352 e. The Morgan fingerprint density at radius 1 is 1.20 bits per heavy atom. The highest BCUT2D eigenvalue weighted by atomic mass is 32.2. The fourth-order valence-electron chi connectivity index (χ4n) is 3.20. The first kappa shape index (κ1) is 16.1. The Morgan fingerprint density at radius 3 is 2.72 bits per heavy atom. The van der Waals surface area contributed by atoms with Gasteiger partial charge >= 0.3 is 0 Å². The number of nitrogens with zero attached hydrogens (tertiary/aromatic N) is 7. The Labute approximate surface area is 149 Å². The highest BCUT2D eigenvalue weighted by molar-refractivity contribution is 8.13. The summed E-state index contributed by atoms with van der Waals surface area (Å²) in [7, 11) is 1.85. The van der Waals surface area contributed by atoms with E-state index in [-0.39, 0.29) is 17.7 Å². The van der Waals surface area contributed by atoms with Crippen LogP contribution < -0.4 is 4.90 Å². The van der Waals surface area contributed by atoms with Gasteiger partial charge in [0.05, 0.1) is 11.6 Å². The number of hydrogen-bond acceptors (Lipinski definition) is 7. The minimum atomic E-state index is 0.00643. The number of piperazine rings is 1. The first-order valence-corrected chi connectivity index (χ1v) is 9.19. The molecule has 10 heteroatoms. The molecule has 4 heterocycles. The number of anilines is 1. The number of thioether (sulfide) groups is 1. The van der Waals surface area contributed by atoms with E-state index in [1.165, 1.54) is 11.8 Å². The zero-order valence-electron chi connectivity index (χ0n) is 14.0. The molecule has 0 N–H and O–H groups in total. The SMILES string of the molecule is Cn1ncc2c(N3CCN(C(=O)CN4CCSC4=O)CC3)ncnc21.